The minimum absolute atomic E-state index is 0.546. The largest absolute Gasteiger partial charge is 0.455 e. The van der Waals surface area contributed by atoms with Gasteiger partial charge in [-0.15, -0.1) is 0 Å². The van der Waals surface area contributed by atoms with Gasteiger partial charge in [0.1, 0.15) is 11.2 Å². The standard InChI is InChI=1S/C49H32N4O/c1-5-17-34(18-6-1)47-50-48(35-19-7-2-8-20-35)52-49(51-47)43-32-37(31-42-45-41-27-14-13-16-33(41)28-29-44(45)54-46(42)43)36-21-15-26-40(30-36)53(38-22-9-3-10-23-38)39-24-11-4-12-25-39/h1-32H. The highest BCUT2D eigenvalue weighted by molar-refractivity contribution is 6.21. The Kier molecular flexibility index (Phi) is 7.73. The van der Waals surface area contributed by atoms with Gasteiger partial charge < -0.3 is 9.32 Å². The highest BCUT2D eigenvalue weighted by Crippen LogP contribution is 2.43. The number of hydrogen-bond donors (Lipinski definition) is 0. The smallest absolute Gasteiger partial charge is 0.167 e. The first-order valence-corrected chi connectivity index (χ1v) is 18.0. The van der Waals surface area contributed by atoms with Gasteiger partial charge in [-0.2, -0.15) is 0 Å². The van der Waals surface area contributed by atoms with Gasteiger partial charge in [-0.05, 0) is 76.5 Å². The van der Waals surface area contributed by atoms with Gasteiger partial charge in [0, 0.05) is 39.0 Å². The molecule has 0 saturated heterocycles. The van der Waals surface area contributed by atoms with E-state index >= 15 is 0 Å². The molecule has 0 unspecified atom stereocenters. The summed E-state index contributed by atoms with van der Waals surface area (Å²) in [6, 6.07) is 66.9. The predicted molar refractivity (Wildman–Crippen MR) is 221 cm³/mol. The van der Waals surface area contributed by atoms with Crippen molar-refractivity contribution in [1.29, 1.82) is 0 Å². The molecule has 0 bridgehead atoms. The van der Waals surface area contributed by atoms with Gasteiger partial charge in [-0.25, -0.2) is 15.0 Å². The van der Waals surface area contributed by atoms with Crippen LogP contribution in [0, 0.1) is 0 Å². The van der Waals surface area contributed by atoms with Crippen LogP contribution in [0.25, 0.3) is 78.0 Å². The van der Waals surface area contributed by atoms with E-state index in [1.165, 1.54) is 0 Å². The number of fused-ring (bicyclic) bond motifs is 5. The Bertz CT molecular complexity index is 2830. The molecule has 0 aliphatic heterocycles. The number of hydrogen-bond acceptors (Lipinski definition) is 5. The van der Waals surface area contributed by atoms with E-state index in [9.17, 15) is 0 Å². The average Bonchev–Trinajstić information content (AvgIpc) is 3.64. The SMILES string of the molecule is c1ccc(-c2nc(-c3ccccc3)nc(-c3cc(-c4cccc(N(c5ccccc5)c5ccccc5)c4)cc4c3oc3ccc5ccccc5c34)n2)cc1. The molecule has 5 nitrogen and oxygen atoms in total. The summed E-state index contributed by atoms with van der Waals surface area (Å²) in [5.41, 5.74) is 9.47. The number of furan rings is 1. The second-order valence-electron chi connectivity index (χ2n) is 13.3. The molecule has 8 aromatic carbocycles. The zero-order valence-corrected chi connectivity index (χ0v) is 29.2. The molecule has 54 heavy (non-hydrogen) atoms. The lowest BCUT2D eigenvalue weighted by Gasteiger charge is -2.26. The molecule has 10 rings (SSSR count). The van der Waals surface area contributed by atoms with Crippen molar-refractivity contribution >= 4 is 49.8 Å². The molecule has 10 aromatic rings. The maximum atomic E-state index is 6.80. The van der Waals surface area contributed by atoms with Crippen LogP contribution in [0.1, 0.15) is 0 Å². The lowest BCUT2D eigenvalue weighted by atomic mass is 9.96. The first kappa shape index (κ1) is 31.4. The van der Waals surface area contributed by atoms with Crippen LogP contribution < -0.4 is 4.90 Å². The summed E-state index contributed by atoms with van der Waals surface area (Å²) in [5, 5.41) is 4.36. The third-order valence-corrected chi connectivity index (χ3v) is 9.87. The van der Waals surface area contributed by atoms with Gasteiger partial charge >= 0.3 is 0 Å². The van der Waals surface area contributed by atoms with Crippen LogP contribution in [0.4, 0.5) is 17.1 Å². The molecule has 254 valence electrons. The minimum atomic E-state index is 0.546. The van der Waals surface area contributed by atoms with Crippen LogP contribution in [0.3, 0.4) is 0 Å². The lowest BCUT2D eigenvalue weighted by Crippen LogP contribution is -2.09. The molecule has 0 aliphatic carbocycles. The molecule has 0 radical (unpaired) electrons. The molecule has 0 aliphatic rings. The van der Waals surface area contributed by atoms with Gasteiger partial charge in [-0.3, -0.25) is 0 Å². The fourth-order valence-corrected chi connectivity index (χ4v) is 7.34. The van der Waals surface area contributed by atoms with Crippen LogP contribution in [0.5, 0.6) is 0 Å². The molecule has 0 atom stereocenters. The number of anilines is 3. The second kappa shape index (κ2) is 13.3. The Labute approximate surface area is 312 Å². The zero-order valence-electron chi connectivity index (χ0n) is 29.2. The van der Waals surface area contributed by atoms with Crippen molar-refractivity contribution in [1.82, 2.24) is 15.0 Å². The lowest BCUT2D eigenvalue weighted by molar-refractivity contribution is 0.670. The Balaban J connectivity index is 1.24. The summed E-state index contributed by atoms with van der Waals surface area (Å²) in [5.74, 6) is 1.75. The summed E-state index contributed by atoms with van der Waals surface area (Å²) in [4.78, 5) is 17.6. The van der Waals surface area contributed by atoms with E-state index in [4.69, 9.17) is 19.4 Å². The highest BCUT2D eigenvalue weighted by atomic mass is 16.3. The van der Waals surface area contributed by atoms with Gasteiger partial charge in [0.25, 0.3) is 0 Å². The van der Waals surface area contributed by atoms with E-state index in [0.29, 0.717) is 17.5 Å². The van der Waals surface area contributed by atoms with Crippen molar-refractivity contribution in [2.45, 2.75) is 0 Å². The van der Waals surface area contributed by atoms with Crippen molar-refractivity contribution in [3.8, 4) is 45.3 Å². The van der Waals surface area contributed by atoms with Crippen LogP contribution in [0.15, 0.2) is 199 Å². The molecule has 5 heteroatoms. The van der Waals surface area contributed by atoms with Gasteiger partial charge in [0.05, 0.1) is 5.56 Å². The molecular weight excluding hydrogens is 661 g/mol. The summed E-state index contributed by atoms with van der Waals surface area (Å²) >= 11 is 0. The predicted octanol–water partition coefficient (Wildman–Crippen LogP) is 13.1. The first-order chi connectivity index (χ1) is 26.8. The van der Waals surface area contributed by atoms with Gasteiger partial charge in [0.2, 0.25) is 0 Å². The normalized spacial score (nSPS) is 11.3. The molecule has 0 amide bonds. The summed E-state index contributed by atoms with van der Waals surface area (Å²) in [7, 11) is 0. The fourth-order valence-electron chi connectivity index (χ4n) is 7.34. The van der Waals surface area contributed by atoms with Crippen LogP contribution in [-0.2, 0) is 0 Å². The molecule has 2 aromatic heterocycles. The van der Waals surface area contributed by atoms with Crippen molar-refractivity contribution in [2.75, 3.05) is 4.90 Å². The first-order valence-electron chi connectivity index (χ1n) is 18.0. The third-order valence-electron chi connectivity index (χ3n) is 9.87. The van der Waals surface area contributed by atoms with E-state index < -0.39 is 0 Å². The van der Waals surface area contributed by atoms with Gasteiger partial charge in [-0.1, -0.05) is 140 Å². The highest BCUT2D eigenvalue weighted by Gasteiger charge is 2.21. The van der Waals surface area contributed by atoms with Crippen molar-refractivity contribution in [2.24, 2.45) is 0 Å². The maximum Gasteiger partial charge on any atom is 0.167 e. The number of rotatable bonds is 7. The fraction of sp³-hybridized carbons (Fsp3) is 0. The summed E-state index contributed by atoms with van der Waals surface area (Å²) in [6.07, 6.45) is 0. The van der Waals surface area contributed by atoms with E-state index in [0.717, 1.165) is 77.6 Å². The molecule has 0 spiro atoms. The number of nitrogens with zero attached hydrogens (tertiary/aromatic N) is 4. The van der Waals surface area contributed by atoms with Crippen LogP contribution >= 0.6 is 0 Å². The quantitative estimate of drug-likeness (QED) is 0.166. The van der Waals surface area contributed by atoms with Crippen LogP contribution in [-0.4, -0.2) is 15.0 Å². The van der Waals surface area contributed by atoms with Crippen LogP contribution in [0.2, 0.25) is 0 Å². The monoisotopic (exact) mass is 692 g/mol. The topological polar surface area (TPSA) is 55.1 Å². The maximum absolute atomic E-state index is 6.80. The van der Waals surface area contributed by atoms with Crippen molar-refractivity contribution in [3.63, 3.8) is 0 Å². The number of aromatic nitrogens is 3. The van der Waals surface area contributed by atoms with E-state index in [2.05, 4.69) is 126 Å². The molecule has 0 N–H and O–H groups in total. The van der Waals surface area contributed by atoms with Crippen molar-refractivity contribution in [3.05, 3.63) is 194 Å². The van der Waals surface area contributed by atoms with E-state index in [1.54, 1.807) is 0 Å². The molecule has 0 fully saturated rings. The Morgan fingerprint density at radius 1 is 0.370 bits per heavy atom. The summed E-state index contributed by atoms with van der Waals surface area (Å²) < 4.78 is 6.80. The average molecular weight is 693 g/mol. The third kappa shape index (κ3) is 5.65. The second-order valence-corrected chi connectivity index (χ2v) is 13.3. The Morgan fingerprint density at radius 3 is 1.56 bits per heavy atom. The number of benzene rings is 8. The Hall–Kier alpha value is -7.37. The molecular formula is C49H32N4O. The minimum Gasteiger partial charge on any atom is -0.455 e. The van der Waals surface area contributed by atoms with E-state index in [-0.39, 0.29) is 0 Å². The number of para-hydroxylation sites is 2. The van der Waals surface area contributed by atoms with Gasteiger partial charge in [0.15, 0.2) is 17.5 Å². The molecule has 2 heterocycles. The zero-order chi connectivity index (χ0) is 35.8. The van der Waals surface area contributed by atoms with Crippen molar-refractivity contribution < 1.29 is 4.42 Å². The van der Waals surface area contributed by atoms with E-state index in [1.807, 2.05) is 72.8 Å². The summed E-state index contributed by atoms with van der Waals surface area (Å²) in [6.45, 7) is 0. The molecule has 0 saturated carbocycles. The Morgan fingerprint density at radius 2 is 0.907 bits per heavy atom.